The third-order valence-electron chi connectivity index (χ3n) is 3.76. The standard InChI is InChI=1S/C12H22N2O2/c1-3-16-12(15)8-14(2)11-6-9-4-5-10(7-11)13-9/h9-11,13H,3-8H2,1-2H3. The van der Waals surface area contributed by atoms with Crippen LogP contribution in [0.1, 0.15) is 32.6 Å². The number of piperidine rings is 1. The number of nitrogens with one attached hydrogen (secondary N) is 1. The van der Waals surface area contributed by atoms with Gasteiger partial charge < -0.3 is 10.1 Å². The van der Waals surface area contributed by atoms with E-state index in [1.807, 2.05) is 14.0 Å². The van der Waals surface area contributed by atoms with Gasteiger partial charge in [0, 0.05) is 18.1 Å². The summed E-state index contributed by atoms with van der Waals surface area (Å²) in [5, 5.41) is 3.61. The SMILES string of the molecule is CCOC(=O)CN(C)C1CC2CCC(C1)N2. The van der Waals surface area contributed by atoms with Crippen LogP contribution in [0.3, 0.4) is 0 Å². The Morgan fingerprint density at radius 3 is 2.56 bits per heavy atom. The highest BCUT2D eigenvalue weighted by atomic mass is 16.5. The first-order chi connectivity index (χ1) is 7.69. The van der Waals surface area contributed by atoms with E-state index in [4.69, 9.17) is 4.74 Å². The second-order valence-corrected chi connectivity index (χ2v) is 4.98. The number of esters is 1. The van der Waals surface area contributed by atoms with Crippen molar-refractivity contribution in [2.75, 3.05) is 20.2 Å². The van der Waals surface area contributed by atoms with Gasteiger partial charge in [-0.3, -0.25) is 9.69 Å². The lowest BCUT2D eigenvalue weighted by Gasteiger charge is -2.35. The molecular weight excluding hydrogens is 204 g/mol. The predicted octanol–water partition coefficient (Wildman–Crippen LogP) is 0.764. The van der Waals surface area contributed by atoms with E-state index in [0.717, 1.165) is 0 Å². The fourth-order valence-electron chi connectivity index (χ4n) is 2.93. The van der Waals surface area contributed by atoms with Gasteiger partial charge in [-0.15, -0.1) is 0 Å². The summed E-state index contributed by atoms with van der Waals surface area (Å²) in [5.74, 6) is -0.101. The second kappa shape index (κ2) is 5.15. The van der Waals surface area contributed by atoms with Crippen molar-refractivity contribution in [1.82, 2.24) is 10.2 Å². The van der Waals surface area contributed by atoms with Crippen molar-refractivity contribution >= 4 is 5.97 Å². The number of hydrogen-bond acceptors (Lipinski definition) is 4. The molecule has 0 aliphatic carbocycles. The van der Waals surface area contributed by atoms with Gasteiger partial charge in [0.05, 0.1) is 13.2 Å². The van der Waals surface area contributed by atoms with E-state index in [0.29, 0.717) is 31.3 Å². The highest BCUT2D eigenvalue weighted by Gasteiger charge is 2.35. The molecule has 0 amide bonds. The molecule has 0 aromatic rings. The Morgan fingerprint density at radius 1 is 1.38 bits per heavy atom. The van der Waals surface area contributed by atoms with Crippen LogP contribution in [0.2, 0.25) is 0 Å². The molecule has 0 radical (unpaired) electrons. The summed E-state index contributed by atoms with van der Waals surface area (Å²) in [7, 11) is 2.03. The zero-order chi connectivity index (χ0) is 11.5. The van der Waals surface area contributed by atoms with Crippen LogP contribution in [-0.4, -0.2) is 49.2 Å². The molecule has 2 aliphatic rings. The van der Waals surface area contributed by atoms with Crippen LogP contribution in [0.15, 0.2) is 0 Å². The van der Waals surface area contributed by atoms with Gasteiger partial charge in [-0.05, 0) is 39.7 Å². The minimum atomic E-state index is -0.101. The van der Waals surface area contributed by atoms with Crippen molar-refractivity contribution in [2.45, 2.75) is 50.7 Å². The van der Waals surface area contributed by atoms with E-state index >= 15 is 0 Å². The number of nitrogens with zero attached hydrogens (tertiary/aromatic N) is 1. The Labute approximate surface area is 97.3 Å². The molecule has 1 N–H and O–H groups in total. The molecule has 2 atom stereocenters. The van der Waals surface area contributed by atoms with E-state index in [-0.39, 0.29) is 5.97 Å². The van der Waals surface area contributed by atoms with Crippen LogP contribution in [0.25, 0.3) is 0 Å². The minimum absolute atomic E-state index is 0.101. The maximum atomic E-state index is 11.4. The van der Waals surface area contributed by atoms with E-state index < -0.39 is 0 Å². The topological polar surface area (TPSA) is 41.6 Å². The van der Waals surface area contributed by atoms with Gasteiger partial charge in [0.1, 0.15) is 0 Å². The summed E-state index contributed by atoms with van der Waals surface area (Å²) in [5.41, 5.74) is 0. The lowest BCUT2D eigenvalue weighted by atomic mass is 9.98. The monoisotopic (exact) mass is 226 g/mol. The molecule has 4 heteroatoms. The Hall–Kier alpha value is -0.610. The number of carbonyl (C=O) groups is 1. The zero-order valence-corrected chi connectivity index (χ0v) is 10.2. The molecule has 2 aliphatic heterocycles. The summed E-state index contributed by atoms with van der Waals surface area (Å²) in [6.07, 6.45) is 4.95. The molecule has 2 rings (SSSR count). The Bertz CT molecular complexity index is 245. The van der Waals surface area contributed by atoms with Crippen LogP contribution >= 0.6 is 0 Å². The molecule has 2 heterocycles. The zero-order valence-electron chi connectivity index (χ0n) is 10.2. The van der Waals surface area contributed by atoms with Crippen molar-refractivity contribution in [3.8, 4) is 0 Å². The first-order valence-corrected chi connectivity index (χ1v) is 6.31. The summed E-state index contributed by atoms with van der Waals surface area (Å²) in [6.45, 7) is 2.75. The first-order valence-electron chi connectivity index (χ1n) is 6.31. The van der Waals surface area contributed by atoms with E-state index in [1.165, 1.54) is 25.7 Å². The van der Waals surface area contributed by atoms with Gasteiger partial charge in [-0.2, -0.15) is 0 Å². The molecule has 0 saturated carbocycles. The van der Waals surface area contributed by atoms with E-state index in [1.54, 1.807) is 0 Å². The Balaban J connectivity index is 1.81. The largest absolute Gasteiger partial charge is 0.465 e. The van der Waals surface area contributed by atoms with Gasteiger partial charge in [0.15, 0.2) is 0 Å². The molecule has 0 aromatic heterocycles. The van der Waals surface area contributed by atoms with Gasteiger partial charge in [0.2, 0.25) is 0 Å². The van der Waals surface area contributed by atoms with E-state index in [9.17, 15) is 4.79 Å². The van der Waals surface area contributed by atoms with Crippen LogP contribution < -0.4 is 5.32 Å². The third kappa shape index (κ3) is 2.74. The summed E-state index contributed by atoms with van der Waals surface area (Å²) < 4.78 is 4.98. The number of hydrogen-bond donors (Lipinski definition) is 1. The van der Waals surface area contributed by atoms with Crippen molar-refractivity contribution < 1.29 is 9.53 Å². The fourth-order valence-corrected chi connectivity index (χ4v) is 2.93. The molecule has 2 fully saturated rings. The van der Waals surface area contributed by atoms with Crippen molar-refractivity contribution in [3.05, 3.63) is 0 Å². The van der Waals surface area contributed by atoms with Crippen LogP contribution in [0.5, 0.6) is 0 Å². The molecule has 2 saturated heterocycles. The second-order valence-electron chi connectivity index (χ2n) is 4.98. The smallest absolute Gasteiger partial charge is 0.320 e. The van der Waals surface area contributed by atoms with Gasteiger partial charge in [-0.1, -0.05) is 0 Å². The Kier molecular flexibility index (Phi) is 3.82. The summed E-state index contributed by atoms with van der Waals surface area (Å²) >= 11 is 0. The normalized spacial score (nSPS) is 33.1. The number of fused-ring (bicyclic) bond motifs is 2. The summed E-state index contributed by atoms with van der Waals surface area (Å²) in [6, 6.07) is 1.89. The summed E-state index contributed by atoms with van der Waals surface area (Å²) in [4.78, 5) is 13.6. The number of likely N-dealkylation sites (N-methyl/N-ethyl adjacent to an activating group) is 1. The molecule has 0 spiro atoms. The van der Waals surface area contributed by atoms with Crippen molar-refractivity contribution in [3.63, 3.8) is 0 Å². The van der Waals surface area contributed by atoms with Gasteiger partial charge in [-0.25, -0.2) is 0 Å². The molecule has 92 valence electrons. The Morgan fingerprint density at radius 2 is 2.00 bits per heavy atom. The molecule has 2 unspecified atom stereocenters. The third-order valence-corrected chi connectivity index (χ3v) is 3.76. The van der Waals surface area contributed by atoms with Crippen molar-refractivity contribution in [1.29, 1.82) is 0 Å². The molecule has 4 nitrogen and oxygen atoms in total. The molecular formula is C12H22N2O2. The van der Waals surface area contributed by atoms with Gasteiger partial charge >= 0.3 is 5.97 Å². The van der Waals surface area contributed by atoms with Crippen LogP contribution in [0, 0.1) is 0 Å². The van der Waals surface area contributed by atoms with Gasteiger partial charge in [0.25, 0.3) is 0 Å². The highest BCUT2D eigenvalue weighted by Crippen LogP contribution is 2.29. The van der Waals surface area contributed by atoms with Crippen molar-refractivity contribution in [2.24, 2.45) is 0 Å². The maximum absolute atomic E-state index is 11.4. The molecule has 0 aromatic carbocycles. The van der Waals surface area contributed by atoms with Crippen LogP contribution in [0.4, 0.5) is 0 Å². The predicted molar refractivity (Wildman–Crippen MR) is 62.2 cm³/mol. The maximum Gasteiger partial charge on any atom is 0.320 e. The lowest BCUT2D eigenvalue weighted by molar-refractivity contribution is -0.144. The fraction of sp³-hybridized carbons (Fsp3) is 0.917. The average molecular weight is 226 g/mol. The number of rotatable bonds is 4. The molecule has 2 bridgehead atoms. The lowest BCUT2D eigenvalue weighted by Crippen LogP contribution is -2.48. The van der Waals surface area contributed by atoms with E-state index in [2.05, 4.69) is 10.2 Å². The molecule has 16 heavy (non-hydrogen) atoms. The quantitative estimate of drug-likeness (QED) is 0.719. The number of carbonyl (C=O) groups excluding carboxylic acids is 1. The average Bonchev–Trinajstić information content (AvgIpc) is 2.58. The minimum Gasteiger partial charge on any atom is -0.465 e. The van der Waals surface area contributed by atoms with Crippen LogP contribution in [-0.2, 0) is 9.53 Å². The number of ether oxygens (including phenoxy) is 1. The highest BCUT2D eigenvalue weighted by molar-refractivity contribution is 5.71. The first kappa shape index (κ1) is 11.9.